The molecule has 0 aliphatic heterocycles. The third kappa shape index (κ3) is 5.49. The van der Waals surface area contributed by atoms with Crippen LogP contribution in [0.1, 0.15) is 6.42 Å². The van der Waals surface area contributed by atoms with Gasteiger partial charge in [-0.1, -0.05) is 11.6 Å². The number of sulfonamides is 1. The van der Waals surface area contributed by atoms with Gasteiger partial charge in [0.15, 0.2) is 0 Å². The smallest absolute Gasteiger partial charge is 0.240 e. The number of hydrogen-bond acceptors (Lipinski definition) is 3. The van der Waals surface area contributed by atoms with Crippen molar-refractivity contribution in [3.8, 4) is 0 Å². The highest BCUT2D eigenvalue weighted by Gasteiger charge is 2.14. The monoisotopic (exact) mass is 316 g/mol. The van der Waals surface area contributed by atoms with Crippen molar-refractivity contribution in [1.29, 1.82) is 0 Å². The van der Waals surface area contributed by atoms with E-state index in [1.165, 1.54) is 6.07 Å². The third-order valence-electron chi connectivity index (χ3n) is 2.04. The van der Waals surface area contributed by atoms with Crippen LogP contribution >= 0.6 is 24.0 Å². The Bertz CT molecular complexity index is 463. The highest BCUT2D eigenvalue weighted by molar-refractivity contribution is 7.89. The summed E-state index contributed by atoms with van der Waals surface area (Å²) in [5, 5.41) is 2.95. The van der Waals surface area contributed by atoms with Gasteiger partial charge in [-0.2, -0.15) is 0 Å². The van der Waals surface area contributed by atoms with E-state index in [0.717, 1.165) is 12.1 Å². The Morgan fingerprint density at radius 2 is 1.94 bits per heavy atom. The molecule has 1 aromatic rings. The average Bonchev–Trinajstić information content (AvgIpc) is 2.23. The number of halogens is 3. The van der Waals surface area contributed by atoms with Gasteiger partial charge >= 0.3 is 0 Å². The van der Waals surface area contributed by atoms with Crippen molar-refractivity contribution in [2.75, 3.05) is 20.1 Å². The second-order valence-electron chi connectivity index (χ2n) is 3.46. The summed E-state index contributed by atoms with van der Waals surface area (Å²) in [6.07, 6.45) is 0.652. The van der Waals surface area contributed by atoms with Crippen LogP contribution < -0.4 is 10.0 Å². The van der Waals surface area contributed by atoms with Crippen LogP contribution in [0.2, 0.25) is 5.02 Å². The normalized spacial score (nSPS) is 11.1. The molecule has 104 valence electrons. The lowest BCUT2D eigenvalue weighted by molar-refractivity contribution is 0.573. The first-order chi connectivity index (χ1) is 7.95. The van der Waals surface area contributed by atoms with E-state index in [9.17, 15) is 12.8 Å². The third-order valence-corrected chi connectivity index (χ3v) is 3.70. The molecule has 4 nitrogen and oxygen atoms in total. The molecule has 18 heavy (non-hydrogen) atoms. The zero-order valence-corrected chi connectivity index (χ0v) is 12.1. The molecule has 0 heterocycles. The van der Waals surface area contributed by atoms with Crippen molar-refractivity contribution in [2.24, 2.45) is 0 Å². The van der Waals surface area contributed by atoms with Crippen LogP contribution in [0, 0.1) is 5.82 Å². The molecule has 0 aliphatic rings. The van der Waals surface area contributed by atoms with Gasteiger partial charge in [0.1, 0.15) is 5.82 Å². The van der Waals surface area contributed by atoms with Gasteiger partial charge in [0.25, 0.3) is 0 Å². The van der Waals surface area contributed by atoms with Crippen LogP contribution in [0.4, 0.5) is 4.39 Å². The van der Waals surface area contributed by atoms with E-state index >= 15 is 0 Å². The molecule has 0 saturated heterocycles. The topological polar surface area (TPSA) is 58.2 Å². The van der Waals surface area contributed by atoms with Gasteiger partial charge in [0, 0.05) is 11.6 Å². The first-order valence-corrected chi connectivity index (χ1v) is 6.92. The van der Waals surface area contributed by atoms with Crippen LogP contribution in [0.5, 0.6) is 0 Å². The lowest BCUT2D eigenvalue weighted by Gasteiger charge is -2.07. The summed E-state index contributed by atoms with van der Waals surface area (Å²) >= 11 is 5.60. The van der Waals surface area contributed by atoms with Gasteiger partial charge in [-0.3, -0.25) is 0 Å². The molecule has 0 aromatic heterocycles. The number of nitrogens with one attached hydrogen (secondary N) is 2. The first-order valence-electron chi connectivity index (χ1n) is 5.06. The Morgan fingerprint density at radius 1 is 1.28 bits per heavy atom. The molecular weight excluding hydrogens is 302 g/mol. The van der Waals surface area contributed by atoms with Crippen molar-refractivity contribution >= 4 is 34.0 Å². The number of benzene rings is 1. The molecule has 0 unspecified atom stereocenters. The standard InChI is InChI=1S/C10H14ClFN2O2S.ClH/c1-13-3-2-4-14-17(15,16)10-6-8(11)5-9(12)7-10;/h5-7,13-14H,2-4H2,1H3;1H. The minimum Gasteiger partial charge on any atom is -0.320 e. The van der Waals surface area contributed by atoms with E-state index in [1.807, 2.05) is 0 Å². The Morgan fingerprint density at radius 3 is 2.50 bits per heavy atom. The van der Waals surface area contributed by atoms with E-state index in [1.54, 1.807) is 7.05 Å². The summed E-state index contributed by atoms with van der Waals surface area (Å²) in [6, 6.07) is 3.21. The Hall–Kier alpha value is -0.400. The maximum atomic E-state index is 13.0. The van der Waals surface area contributed by atoms with Gasteiger partial charge in [0.2, 0.25) is 10.0 Å². The molecule has 1 aromatic carbocycles. The van der Waals surface area contributed by atoms with Gasteiger partial charge in [-0.05, 0) is 38.2 Å². The summed E-state index contributed by atoms with van der Waals surface area (Å²) in [5.74, 6) is -0.673. The molecule has 0 radical (unpaired) electrons. The van der Waals surface area contributed by atoms with Crippen LogP contribution in [-0.4, -0.2) is 28.6 Å². The zero-order valence-electron chi connectivity index (χ0n) is 9.74. The molecule has 0 saturated carbocycles. The fraction of sp³-hybridized carbons (Fsp3) is 0.400. The van der Waals surface area contributed by atoms with Crippen molar-refractivity contribution in [1.82, 2.24) is 10.0 Å². The molecule has 0 bridgehead atoms. The van der Waals surface area contributed by atoms with Gasteiger partial charge < -0.3 is 5.32 Å². The van der Waals surface area contributed by atoms with Gasteiger partial charge in [-0.15, -0.1) is 12.4 Å². The van der Waals surface area contributed by atoms with Crippen molar-refractivity contribution in [3.63, 3.8) is 0 Å². The van der Waals surface area contributed by atoms with Crippen LogP contribution in [0.25, 0.3) is 0 Å². The summed E-state index contributed by atoms with van der Waals surface area (Å²) in [6.45, 7) is 0.990. The highest BCUT2D eigenvalue weighted by atomic mass is 35.5. The first kappa shape index (κ1) is 17.6. The second-order valence-corrected chi connectivity index (χ2v) is 5.66. The summed E-state index contributed by atoms with van der Waals surface area (Å²) in [4.78, 5) is -0.160. The molecule has 0 fully saturated rings. The summed E-state index contributed by atoms with van der Waals surface area (Å²) in [5.41, 5.74) is 0. The molecule has 0 aliphatic carbocycles. The van der Waals surface area contributed by atoms with E-state index in [2.05, 4.69) is 10.0 Å². The van der Waals surface area contributed by atoms with E-state index in [-0.39, 0.29) is 28.9 Å². The Balaban J connectivity index is 0.00000289. The van der Waals surface area contributed by atoms with Crippen LogP contribution in [0.3, 0.4) is 0 Å². The highest BCUT2D eigenvalue weighted by Crippen LogP contribution is 2.17. The van der Waals surface area contributed by atoms with Crippen molar-refractivity contribution in [2.45, 2.75) is 11.3 Å². The van der Waals surface area contributed by atoms with Crippen LogP contribution in [0.15, 0.2) is 23.1 Å². The summed E-state index contributed by atoms with van der Waals surface area (Å²) in [7, 11) is -1.91. The zero-order chi connectivity index (χ0) is 12.9. The quantitative estimate of drug-likeness (QED) is 0.787. The Labute approximate surface area is 117 Å². The molecule has 8 heteroatoms. The summed E-state index contributed by atoms with van der Waals surface area (Å²) < 4.78 is 38.9. The number of rotatable bonds is 6. The van der Waals surface area contributed by atoms with Crippen molar-refractivity contribution < 1.29 is 12.8 Å². The lowest BCUT2D eigenvalue weighted by Crippen LogP contribution is -2.26. The maximum absolute atomic E-state index is 13.0. The molecule has 0 atom stereocenters. The molecule has 1 rings (SSSR count). The van der Waals surface area contributed by atoms with Crippen molar-refractivity contribution in [3.05, 3.63) is 29.0 Å². The minimum atomic E-state index is -3.69. The van der Waals surface area contributed by atoms with E-state index < -0.39 is 15.8 Å². The predicted molar refractivity (Wildman–Crippen MR) is 72.4 cm³/mol. The predicted octanol–water partition coefficient (Wildman–Crippen LogP) is 1.79. The Kier molecular flexibility index (Phi) is 7.73. The van der Waals surface area contributed by atoms with E-state index in [4.69, 9.17) is 11.6 Å². The fourth-order valence-electron chi connectivity index (χ4n) is 1.24. The van der Waals surface area contributed by atoms with E-state index in [0.29, 0.717) is 13.0 Å². The average molecular weight is 317 g/mol. The molecule has 0 spiro atoms. The SMILES string of the molecule is CNCCCNS(=O)(=O)c1cc(F)cc(Cl)c1.Cl. The second kappa shape index (κ2) is 7.91. The van der Waals surface area contributed by atoms with Gasteiger partial charge in [-0.25, -0.2) is 17.5 Å². The lowest BCUT2D eigenvalue weighted by atomic mass is 10.3. The fourth-order valence-corrected chi connectivity index (χ4v) is 2.65. The maximum Gasteiger partial charge on any atom is 0.240 e. The largest absolute Gasteiger partial charge is 0.320 e. The van der Waals surface area contributed by atoms with Gasteiger partial charge in [0.05, 0.1) is 4.90 Å². The molecule has 0 amide bonds. The minimum absolute atomic E-state index is 0. The molecular formula is C10H15Cl2FN2O2S. The number of hydrogen-bond donors (Lipinski definition) is 2. The van der Waals surface area contributed by atoms with Crippen LogP contribution in [-0.2, 0) is 10.0 Å². The molecule has 2 N–H and O–H groups in total.